The van der Waals surface area contributed by atoms with E-state index in [4.69, 9.17) is 4.74 Å². The molecule has 5 heteroatoms. The minimum Gasteiger partial charge on any atom is -0.353 e. The van der Waals surface area contributed by atoms with Gasteiger partial charge in [-0.2, -0.15) is 5.11 Å². The second-order valence-electron chi connectivity index (χ2n) is 7.22. The fourth-order valence-corrected chi connectivity index (χ4v) is 3.30. The van der Waals surface area contributed by atoms with Gasteiger partial charge in [0.05, 0.1) is 17.1 Å². The predicted molar refractivity (Wildman–Crippen MR) is 126 cm³/mol. The van der Waals surface area contributed by atoms with Crippen LogP contribution in [0.1, 0.15) is 31.7 Å². The average molecular weight is 411 g/mol. The smallest absolute Gasteiger partial charge is 0.171 e. The topological polar surface area (TPSA) is 58.9 Å². The summed E-state index contributed by atoms with van der Waals surface area (Å²) in [5.74, 6) is 0. The fraction of sp³-hybridized carbons (Fsp3) is 0.192. The van der Waals surface area contributed by atoms with Crippen LogP contribution in [0.25, 0.3) is 10.8 Å². The minimum absolute atomic E-state index is 0.375. The normalized spacial score (nSPS) is 12.3. The average Bonchev–Trinajstić information content (AvgIpc) is 2.84. The van der Waals surface area contributed by atoms with E-state index in [-0.39, 0.29) is 6.23 Å². The maximum atomic E-state index is 6.16. The van der Waals surface area contributed by atoms with E-state index in [1.165, 1.54) is 0 Å². The van der Waals surface area contributed by atoms with E-state index in [2.05, 4.69) is 45.7 Å². The second kappa shape index (κ2) is 10.5. The molecule has 4 aromatic rings. The summed E-state index contributed by atoms with van der Waals surface area (Å²) in [6, 6.07) is 27.9. The van der Waals surface area contributed by atoms with E-state index >= 15 is 0 Å². The molecular weight excluding hydrogens is 384 g/mol. The van der Waals surface area contributed by atoms with Gasteiger partial charge >= 0.3 is 0 Å². The summed E-state index contributed by atoms with van der Waals surface area (Å²) in [6.45, 7) is 2.80. The second-order valence-corrected chi connectivity index (χ2v) is 7.22. The zero-order valence-electron chi connectivity index (χ0n) is 17.6. The molecule has 0 aliphatic carbocycles. The molecule has 1 unspecified atom stereocenters. The number of pyridine rings is 1. The Morgan fingerprint density at radius 2 is 1.68 bits per heavy atom. The predicted octanol–water partition coefficient (Wildman–Crippen LogP) is 7.58. The maximum absolute atomic E-state index is 6.16. The van der Waals surface area contributed by atoms with Gasteiger partial charge in [-0.25, -0.2) is 0 Å². The number of nitrogens with one attached hydrogen (secondary N) is 1. The minimum atomic E-state index is -0.375. The number of hydrogen-bond donors (Lipinski definition) is 1. The number of ether oxygens (including phenoxy) is 1. The third-order valence-corrected chi connectivity index (χ3v) is 4.95. The fourth-order valence-electron chi connectivity index (χ4n) is 3.30. The Kier molecular flexibility index (Phi) is 6.98. The van der Waals surface area contributed by atoms with Crippen LogP contribution in [0.5, 0.6) is 0 Å². The standard InChI is InChI=1S/C26H26N4O/c1-2-3-19-31-26(24-15-9-10-18-27-24)28-23-17-16-20-11-7-8-14-22(20)25(23)30-29-21-12-5-4-6-13-21/h4-18,26,28H,2-3,19H2,1H3. The van der Waals surface area contributed by atoms with Crippen LogP contribution in [0.3, 0.4) is 0 Å². The van der Waals surface area contributed by atoms with E-state index in [0.29, 0.717) is 6.61 Å². The zero-order chi connectivity index (χ0) is 21.3. The summed E-state index contributed by atoms with van der Waals surface area (Å²) < 4.78 is 6.16. The van der Waals surface area contributed by atoms with Crippen LogP contribution < -0.4 is 5.32 Å². The Morgan fingerprint density at radius 3 is 2.48 bits per heavy atom. The Bertz CT molecular complexity index is 1130. The Hall–Kier alpha value is -3.57. The highest BCUT2D eigenvalue weighted by molar-refractivity contribution is 5.98. The van der Waals surface area contributed by atoms with Crippen molar-refractivity contribution in [3.8, 4) is 0 Å². The largest absolute Gasteiger partial charge is 0.353 e. The van der Waals surface area contributed by atoms with Crippen LogP contribution in [0.15, 0.2) is 101 Å². The molecule has 0 saturated heterocycles. The summed E-state index contributed by atoms with van der Waals surface area (Å²) in [4.78, 5) is 4.50. The zero-order valence-corrected chi connectivity index (χ0v) is 17.6. The lowest BCUT2D eigenvalue weighted by Crippen LogP contribution is -2.16. The Balaban J connectivity index is 1.72. The molecule has 0 aliphatic rings. The van der Waals surface area contributed by atoms with E-state index in [0.717, 1.165) is 46.4 Å². The number of nitrogens with zero attached hydrogens (tertiary/aromatic N) is 3. The van der Waals surface area contributed by atoms with Crippen molar-refractivity contribution in [1.29, 1.82) is 0 Å². The van der Waals surface area contributed by atoms with Gasteiger partial charge in [0.1, 0.15) is 5.69 Å². The molecule has 1 atom stereocenters. The van der Waals surface area contributed by atoms with Crippen molar-refractivity contribution in [3.63, 3.8) is 0 Å². The van der Waals surface area contributed by atoms with Gasteiger partial charge in [-0.15, -0.1) is 5.11 Å². The first-order valence-corrected chi connectivity index (χ1v) is 10.6. The number of unbranched alkanes of at least 4 members (excludes halogenated alkanes) is 1. The van der Waals surface area contributed by atoms with Crippen LogP contribution in [-0.2, 0) is 4.74 Å². The van der Waals surface area contributed by atoms with Crippen molar-refractivity contribution in [2.45, 2.75) is 26.0 Å². The highest BCUT2D eigenvalue weighted by Crippen LogP contribution is 2.37. The first-order valence-electron chi connectivity index (χ1n) is 10.6. The Morgan fingerprint density at radius 1 is 0.871 bits per heavy atom. The SMILES string of the molecule is CCCCOC(Nc1ccc2ccccc2c1N=Nc1ccccc1)c1ccccn1. The summed E-state index contributed by atoms with van der Waals surface area (Å²) in [6.07, 6.45) is 3.47. The molecule has 5 nitrogen and oxygen atoms in total. The molecule has 0 bridgehead atoms. The Labute approximate surface area is 182 Å². The molecule has 0 spiro atoms. The van der Waals surface area contributed by atoms with Crippen LogP contribution in [-0.4, -0.2) is 11.6 Å². The molecule has 0 radical (unpaired) electrons. The molecule has 0 amide bonds. The molecule has 1 N–H and O–H groups in total. The van der Waals surface area contributed by atoms with Crippen molar-refractivity contribution in [2.75, 3.05) is 11.9 Å². The maximum Gasteiger partial charge on any atom is 0.171 e. The summed E-state index contributed by atoms with van der Waals surface area (Å²) in [5.41, 5.74) is 3.27. The van der Waals surface area contributed by atoms with E-state index in [1.807, 2.05) is 66.7 Å². The number of anilines is 1. The van der Waals surface area contributed by atoms with Gasteiger partial charge in [0.2, 0.25) is 0 Å². The molecule has 0 aliphatic heterocycles. The molecule has 3 aromatic carbocycles. The van der Waals surface area contributed by atoms with E-state index in [1.54, 1.807) is 6.20 Å². The number of aromatic nitrogens is 1. The number of hydrogen-bond acceptors (Lipinski definition) is 5. The lowest BCUT2D eigenvalue weighted by Gasteiger charge is -2.21. The molecule has 31 heavy (non-hydrogen) atoms. The van der Waals surface area contributed by atoms with Gasteiger partial charge in [-0.05, 0) is 42.1 Å². The van der Waals surface area contributed by atoms with Gasteiger partial charge in [0, 0.05) is 18.2 Å². The highest BCUT2D eigenvalue weighted by atomic mass is 16.5. The van der Waals surface area contributed by atoms with Crippen LogP contribution in [0.4, 0.5) is 17.1 Å². The molecule has 0 fully saturated rings. The monoisotopic (exact) mass is 410 g/mol. The number of rotatable bonds is 9. The number of fused-ring (bicyclic) bond motifs is 1. The van der Waals surface area contributed by atoms with Crippen LogP contribution in [0.2, 0.25) is 0 Å². The molecule has 1 aromatic heterocycles. The van der Waals surface area contributed by atoms with E-state index in [9.17, 15) is 0 Å². The molecule has 1 heterocycles. The van der Waals surface area contributed by atoms with Gasteiger partial charge in [-0.1, -0.05) is 67.9 Å². The van der Waals surface area contributed by atoms with Gasteiger partial charge in [-0.3, -0.25) is 4.98 Å². The number of benzene rings is 3. The lowest BCUT2D eigenvalue weighted by atomic mass is 10.1. The number of azo groups is 1. The third-order valence-electron chi connectivity index (χ3n) is 4.95. The summed E-state index contributed by atoms with van der Waals surface area (Å²) in [7, 11) is 0. The van der Waals surface area contributed by atoms with Crippen molar-refractivity contribution in [3.05, 3.63) is 96.8 Å². The van der Waals surface area contributed by atoms with Crippen molar-refractivity contribution in [1.82, 2.24) is 4.98 Å². The molecule has 0 saturated carbocycles. The molecule has 156 valence electrons. The quantitative estimate of drug-likeness (QED) is 0.176. The highest BCUT2D eigenvalue weighted by Gasteiger charge is 2.16. The van der Waals surface area contributed by atoms with Crippen molar-refractivity contribution in [2.24, 2.45) is 10.2 Å². The molecular formula is C26H26N4O. The van der Waals surface area contributed by atoms with Crippen molar-refractivity contribution < 1.29 is 4.74 Å². The van der Waals surface area contributed by atoms with E-state index < -0.39 is 0 Å². The third kappa shape index (κ3) is 5.32. The van der Waals surface area contributed by atoms with Gasteiger partial charge in [0.15, 0.2) is 6.23 Å². The summed E-state index contributed by atoms with van der Waals surface area (Å²) in [5, 5.41) is 14.8. The van der Waals surface area contributed by atoms with Crippen molar-refractivity contribution >= 4 is 27.8 Å². The first kappa shape index (κ1) is 20.7. The van der Waals surface area contributed by atoms with Gasteiger partial charge in [0.25, 0.3) is 0 Å². The van der Waals surface area contributed by atoms with Crippen LogP contribution >= 0.6 is 0 Å². The van der Waals surface area contributed by atoms with Crippen LogP contribution in [0, 0.1) is 0 Å². The first-order chi connectivity index (χ1) is 15.3. The van der Waals surface area contributed by atoms with Gasteiger partial charge < -0.3 is 10.1 Å². The lowest BCUT2D eigenvalue weighted by molar-refractivity contribution is 0.0671. The summed E-state index contributed by atoms with van der Waals surface area (Å²) >= 11 is 0. The molecule has 4 rings (SSSR count).